The van der Waals surface area contributed by atoms with Gasteiger partial charge in [-0.25, -0.2) is 4.79 Å². The zero-order valence-electron chi connectivity index (χ0n) is 16.0. The highest BCUT2D eigenvalue weighted by atomic mass is 16.2. The van der Waals surface area contributed by atoms with Crippen molar-refractivity contribution < 1.29 is 0 Å². The van der Waals surface area contributed by atoms with E-state index in [1.165, 1.54) is 11.6 Å². The third-order valence-corrected chi connectivity index (χ3v) is 5.10. The lowest BCUT2D eigenvalue weighted by molar-refractivity contribution is 0.499. The highest BCUT2D eigenvalue weighted by Crippen LogP contribution is 2.34. The fourth-order valence-electron chi connectivity index (χ4n) is 3.73. The minimum Gasteiger partial charge on any atom is -0.394 e. The molecule has 2 aromatic rings. The topological polar surface area (TPSA) is 104 Å². The second kappa shape index (κ2) is 6.68. The van der Waals surface area contributed by atoms with Gasteiger partial charge in [-0.3, -0.25) is 13.9 Å². The summed E-state index contributed by atoms with van der Waals surface area (Å²) in [5, 5.41) is 0. The van der Waals surface area contributed by atoms with E-state index < -0.39 is 0 Å². The summed E-state index contributed by atoms with van der Waals surface area (Å²) in [6.07, 6.45) is 4.00. The molecule has 1 atom stereocenters. The molecule has 1 aliphatic rings. The maximum Gasteiger partial charge on any atom is 0.331 e. The quantitative estimate of drug-likeness (QED) is 0.777. The SMILES string of the molecule is CC(C)=CCn1c(N2CCC[C@H](N)C2)c(N)c2c1c(=O)n(C)c(=O)n2C. The van der Waals surface area contributed by atoms with E-state index in [1.54, 1.807) is 7.05 Å². The van der Waals surface area contributed by atoms with Gasteiger partial charge in [0.15, 0.2) is 0 Å². The second-order valence-corrected chi connectivity index (χ2v) is 7.38. The van der Waals surface area contributed by atoms with Crippen molar-refractivity contribution in [2.24, 2.45) is 19.8 Å². The van der Waals surface area contributed by atoms with Gasteiger partial charge in [0.25, 0.3) is 5.56 Å². The number of hydrogen-bond acceptors (Lipinski definition) is 5. The van der Waals surface area contributed by atoms with E-state index in [1.807, 2.05) is 18.4 Å². The Hall–Kier alpha value is -2.48. The molecule has 1 saturated heterocycles. The minimum atomic E-state index is -0.379. The van der Waals surface area contributed by atoms with Crippen LogP contribution in [0.1, 0.15) is 26.7 Å². The lowest BCUT2D eigenvalue weighted by atomic mass is 10.1. The number of allylic oxidation sites excluding steroid dienone is 2. The van der Waals surface area contributed by atoms with Crippen LogP contribution in [-0.2, 0) is 20.6 Å². The molecular formula is C18H28N6O2. The summed E-state index contributed by atoms with van der Waals surface area (Å²) in [5.41, 5.74) is 14.5. The molecule has 8 nitrogen and oxygen atoms in total. The number of hydrogen-bond donors (Lipinski definition) is 2. The standard InChI is InChI=1S/C18H28N6O2/c1-11(2)7-9-24-15-14(21(3)18(26)22(4)17(15)25)13(20)16(24)23-8-5-6-12(19)10-23/h7,12H,5-6,8-10,19-20H2,1-4H3/t12-/m0/s1. The zero-order chi connectivity index (χ0) is 19.2. The van der Waals surface area contributed by atoms with Gasteiger partial charge in [0.1, 0.15) is 16.9 Å². The molecule has 0 aliphatic carbocycles. The number of aryl methyl sites for hydroxylation is 1. The normalized spacial score (nSPS) is 17.7. The van der Waals surface area contributed by atoms with Crippen molar-refractivity contribution in [3.8, 4) is 0 Å². The Labute approximate surface area is 152 Å². The third-order valence-electron chi connectivity index (χ3n) is 5.10. The van der Waals surface area contributed by atoms with Crippen LogP contribution in [0.5, 0.6) is 0 Å². The van der Waals surface area contributed by atoms with Crippen LogP contribution in [0, 0.1) is 0 Å². The highest BCUT2D eigenvalue weighted by molar-refractivity contribution is 5.96. The molecule has 0 saturated carbocycles. The van der Waals surface area contributed by atoms with E-state index in [2.05, 4.69) is 11.0 Å². The van der Waals surface area contributed by atoms with Gasteiger partial charge in [-0.1, -0.05) is 11.6 Å². The Morgan fingerprint density at radius 3 is 2.50 bits per heavy atom. The van der Waals surface area contributed by atoms with Gasteiger partial charge in [-0.15, -0.1) is 0 Å². The maximum atomic E-state index is 12.9. The summed E-state index contributed by atoms with van der Waals surface area (Å²) in [6.45, 7) is 6.06. The summed E-state index contributed by atoms with van der Waals surface area (Å²) < 4.78 is 4.52. The van der Waals surface area contributed by atoms with Gasteiger partial charge in [-0.05, 0) is 26.7 Å². The largest absolute Gasteiger partial charge is 0.394 e. The van der Waals surface area contributed by atoms with Crippen molar-refractivity contribution in [1.82, 2.24) is 13.7 Å². The molecule has 4 N–H and O–H groups in total. The van der Waals surface area contributed by atoms with E-state index >= 15 is 0 Å². The van der Waals surface area contributed by atoms with Crippen LogP contribution in [0.15, 0.2) is 21.2 Å². The van der Waals surface area contributed by atoms with Crippen molar-refractivity contribution in [3.63, 3.8) is 0 Å². The Kier molecular flexibility index (Phi) is 4.70. The first-order valence-electron chi connectivity index (χ1n) is 8.95. The lowest BCUT2D eigenvalue weighted by Crippen LogP contribution is -2.44. The first-order valence-corrected chi connectivity index (χ1v) is 8.95. The van der Waals surface area contributed by atoms with Gasteiger partial charge >= 0.3 is 5.69 Å². The average Bonchev–Trinajstić information content (AvgIpc) is 2.88. The molecule has 0 aromatic carbocycles. The Morgan fingerprint density at radius 1 is 1.19 bits per heavy atom. The molecule has 0 bridgehead atoms. The molecule has 8 heteroatoms. The van der Waals surface area contributed by atoms with Gasteiger partial charge in [0.05, 0.1) is 5.69 Å². The molecule has 1 aliphatic heterocycles. The fraction of sp³-hybridized carbons (Fsp3) is 0.556. The molecule has 2 aromatic heterocycles. The number of anilines is 2. The summed E-state index contributed by atoms with van der Waals surface area (Å²) in [6, 6.07) is 0.0738. The molecule has 0 radical (unpaired) electrons. The summed E-state index contributed by atoms with van der Waals surface area (Å²) >= 11 is 0. The van der Waals surface area contributed by atoms with E-state index in [-0.39, 0.29) is 17.3 Å². The first kappa shape index (κ1) is 18.3. The minimum absolute atomic E-state index is 0.0738. The Balaban J connectivity index is 2.37. The second-order valence-electron chi connectivity index (χ2n) is 7.38. The van der Waals surface area contributed by atoms with Crippen LogP contribution in [0.2, 0.25) is 0 Å². The van der Waals surface area contributed by atoms with Crippen LogP contribution in [0.25, 0.3) is 11.0 Å². The van der Waals surface area contributed by atoms with Crippen molar-refractivity contribution in [2.75, 3.05) is 23.7 Å². The van der Waals surface area contributed by atoms with Gasteiger partial charge < -0.3 is 20.9 Å². The fourth-order valence-corrected chi connectivity index (χ4v) is 3.73. The first-order chi connectivity index (χ1) is 12.2. The summed E-state index contributed by atoms with van der Waals surface area (Å²) in [5.74, 6) is 0.783. The predicted molar refractivity (Wildman–Crippen MR) is 106 cm³/mol. The molecule has 26 heavy (non-hydrogen) atoms. The molecule has 3 heterocycles. The Bertz CT molecular complexity index is 990. The molecule has 0 spiro atoms. The molecule has 0 unspecified atom stereocenters. The number of nitrogens with two attached hydrogens (primary N) is 2. The Morgan fingerprint density at radius 2 is 1.88 bits per heavy atom. The molecular weight excluding hydrogens is 332 g/mol. The van der Waals surface area contributed by atoms with E-state index in [0.717, 1.165) is 35.3 Å². The van der Waals surface area contributed by atoms with Crippen molar-refractivity contribution in [2.45, 2.75) is 39.3 Å². The lowest BCUT2D eigenvalue weighted by Gasteiger charge is -2.33. The van der Waals surface area contributed by atoms with Gasteiger partial charge in [0, 0.05) is 39.8 Å². The monoisotopic (exact) mass is 360 g/mol. The van der Waals surface area contributed by atoms with E-state index in [0.29, 0.717) is 29.8 Å². The highest BCUT2D eigenvalue weighted by Gasteiger charge is 2.27. The maximum absolute atomic E-state index is 12.9. The van der Waals surface area contributed by atoms with Crippen molar-refractivity contribution in [1.29, 1.82) is 0 Å². The third kappa shape index (κ3) is 2.84. The van der Waals surface area contributed by atoms with Crippen molar-refractivity contribution in [3.05, 3.63) is 32.5 Å². The van der Waals surface area contributed by atoms with Crippen LogP contribution in [0.4, 0.5) is 11.5 Å². The number of nitrogen functional groups attached to an aromatic ring is 1. The van der Waals surface area contributed by atoms with Crippen LogP contribution in [0.3, 0.4) is 0 Å². The number of rotatable bonds is 3. The molecule has 1 fully saturated rings. The van der Waals surface area contributed by atoms with Crippen LogP contribution < -0.4 is 27.6 Å². The summed E-state index contributed by atoms with van der Waals surface area (Å²) in [7, 11) is 3.15. The predicted octanol–water partition coefficient (Wildman–Crippen LogP) is 0.515. The van der Waals surface area contributed by atoms with Crippen molar-refractivity contribution >= 4 is 22.5 Å². The number of nitrogens with zero attached hydrogens (tertiary/aromatic N) is 4. The van der Waals surface area contributed by atoms with Crippen LogP contribution in [-0.4, -0.2) is 32.8 Å². The van der Waals surface area contributed by atoms with Gasteiger partial charge in [-0.2, -0.15) is 0 Å². The van der Waals surface area contributed by atoms with Crippen LogP contribution >= 0.6 is 0 Å². The van der Waals surface area contributed by atoms with E-state index in [4.69, 9.17) is 11.5 Å². The van der Waals surface area contributed by atoms with Gasteiger partial charge in [0.2, 0.25) is 0 Å². The molecule has 0 amide bonds. The average molecular weight is 360 g/mol. The number of piperidine rings is 1. The smallest absolute Gasteiger partial charge is 0.331 e. The number of fused-ring (bicyclic) bond motifs is 1. The molecule has 142 valence electrons. The van der Waals surface area contributed by atoms with E-state index in [9.17, 15) is 9.59 Å². The zero-order valence-corrected chi connectivity index (χ0v) is 16.0. The molecule has 3 rings (SSSR count). The number of aromatic nitrogens is 3. The summed E-state index contributed by atoms with van der Waals surface area (Å²) in [4.78, 5) is 27.4.